The first-order valence-corrected chi connectivity index (χ1v) is 7.54. The summed E-state index contributed by atoms with van der Waals surface area (Å²) >= 11 is 0. The summed E-state index contributed by atoms with van der Waals surface area (Å²) in [6.07, 6.45) is 0. The number of nitrogens with one attached hydrogen (secondary N) is 1. The molecule has 0 saturated heterocycles. The second-order valence-electron chi connectivity index (χ2n) is 5.97. The van der Waals surface area contributed by atoms with Gasteiger partial charge in [0.1, 0.15) is 0 Å². The van der Waals surface area contributed by atoms with E-state index in [-0.39, 0.29) is 0 Å². The molecule has 3 rings (SSSR count). The molecule has 0 unspecified atom stereocenters. The molecule has 3 N–H and O–H groups in total. The molecule has 24 heavy (non-hydrogen) atoms. The van der Waals surface area contributed by atoms with Crippen molar-refractivity contribution < 1.29 is 0 Å². The van der Waals surface area contributed by atoms with Crippen LogP contribution in [0.3, 0.4) is 0 Å². The van der Waals surface area contributed by atoms with Gasteiger partial charge in [0.05, 0.1) is 6.54 Å². The van der Waals surface area contributed by atoms with E-state index in [0.717, 1.165) is 21.3 Å². The predicted octanol–water partition coefficient (Wildman–Crippen LogP) is 0.384. The second-order valence-corrected chi connectivity index (χ2v) is 5.97. The number of hydrazine groups is 1. The first-order valence-electron chi connectivity index (χ1n) is 7.54. The van der Waals surface area contributed by atoms with E-state index in [4.69, 9.17) is 5.84 Å². The number of imidazole rings is 1. The fraction of sp³-hybridized carbons (Fsp3) is 0.312. The Morgan fingerprint density at radius 3 is 2.54 bits per heavy atom. The van der Waals surface area contributed by atoms with Crippen LogP contribution in [0.15, 0.2) is 27.8 Å². The number of benzene rings is 1. The molecule has 0 aliphatic heterocycles. The first kappa shape index (κ1) is 16.0. The molecule has 0 atom stereocenters. The molecular weight excluding hydrogens is 308 g/mol. The molecule has 0 radical (unpaired) electrons. The van der Waals surface area contributed by atoms with Gasteiger partial charge in [0.25, 0.3) is 5.56 Å². The van der Waals surface area contributed by atoms with Crippen LogP contribution in [0, 0.1) is 13.8 Å². The Balaban J connectivity index is 2.33. The lowest BCUT2D eigenvalue weighted by atomic mass is 10.1. The normalized spacial score (nSPS) is 11.2. The van der Waals surface area contributed by atoms with Gasteiger partial charge in [-0.25, -0.2) is 10.6 Å². The minimum atomic E-state index is -0.424. The Bertz CT molecular complexity index is 1060. The molecular formula is C16H20N6O2. The molecule has 126 valence electrons. The molecule has 8 heteroatoms. The van der Waals surface area contributed by atoms with E-state index in [9.17, 15) is 9.59 Å². The Morgan fingerprint density at radius 1 is 1.17 bits per heavy atom. The molecule has 0 aliphatic rings. The van der Waals surface area contributed by atoms with Crippen LogP contribution in [0.5, 0.6) is 0 Å². The fourth-order valence-electron chi connectivity index (χ4n) is 2.85. The minimum Gasteiger partial charge on any atom is -0.299 e. The highest BCUT2D eigenvalue weighted by Gasteiger charge is 2.19. The molecule has 0 bridgehead atoms. The van der Waals surface area contributed by atoms with Gasteiger partial charge in [-0.15, -0.1) is 0 Å². The van der Waals surface area contributed by atoms with Crippen LogP contribution in [0.1, 0.15) is 16.7 Å². The van der Waals surface area contributed by atoms with Gasteiger partial charge < -0.3 is 0 Å². The van der Waals surface area contributed by atoms with Gasteiger partial charge in [0.15, 0.2) is 11.2 Å². The minimum absolute atomic E-state index is 0.307. The van der Waals surface area contributed by atoms with Crippen LogP contribution in [-0.4, -0.2) is 18.7 Å². The highest BCUT2D eigenvalue weighted by molar-refractivity contribution is 5.74. The van der Waals surface area contributed by atoms with E-state index < -0.39 is 11.2 Å². The molecule has 0 amide bonds. The smallest absolute Gasteiger partial charge is 0.299 e. The van der Waals surface area contributed by atoms with Crippen molar-refractivity contribution in [2.24, 2.45) is 19.9 Å². The van der Waals surface area contributed by atoms with Crippen molar-refractivity contribution in [2.75, 3.05) is 5.43 Å². The Hall–Kier alpha value is -2.87. The number of aromatic nitrogens is 4. The Kier molecular flexibility index (Phi) is 3.76. The number of rotatable bonds is 3. The Labute approximate surface area is 138 Å². The third-order valence-electron chi connectivity index (χ3n) is 4.31. The number of nitrogens with two attached hydrogens (primary N) is 1. The number of nitrogens with zero attached hydrogens (tertiary/aromatic N) is 4. The lowest BCUT2D eigenvalue weighted by Gasteiger charge is -2.12. The third kappa shape index (κ3) is 2.31. The maximum absolute atomic E-state index is 12.6. The molecule has 2 aromatic heterocycles. The molecule has 0 fully saturated rings. The number of hydrogen-bond acceptors (Lipinski definition) is 5. The molecule has 3 aromatic rings. The fourth-order valence-corrected chi connectivity index (χ4v) is 2.85. The summed E-state index contributed by atoms with van der Waals surface area (Å²) in [4.78, 5) is 29.0. The number of hydrogen-bond donors (Lipinski definition) is 2. The number of anilines is 1. The maximum atomic E-state index is 12.6. The predicted molar refractivity (Wildman–Crippen MR) is 93.0 cm³/mol. The van der Waals surface area contributed by atoms with E-state index >= 15 is 0 Å². The van der Waals surface area contributed by atoms with Crippen LogP contribution in [0.4, 0.5) is 5.95 Å². The summed E-state index contributed by atoms with van der Waals surface area (Å²) in [5.41, 5.74) is 5.64. The molecule has 0 aliphatic carbocycles. The van der Waals surface area contributed by atoms with Crippen molar-refractivity contribution >= 4 is 17.1 Å². The summed E-state index contributed by atoms with van der Waals surface area (Å²) in [7, 11) is 3.04. The average Bonchev–Trinajstić information content (AvgIpc) is 2.93. The highest BCUT2D eigenvalue weighted by Crippen LogP contribution is 2.19. The van der Waals surface area contributed by atoms with E-state index in [1.54, 1.807) is 11.6 Å². The van der Waals surface area contributed by atoms with Crippen LogP contribution in [0.25, 0.3) is 11.2 Å². The zero-order valence-electron chi connectivity index (χ0n) is 14.1. The van der Waals surface area contributed by atoms with Gasteiger partial charge in [-0.1, -0.05) is 23.8 Å². The van der Waals surface area contributed by atoms with E-state index in [1.807, 2.05) is 26.0 Å². The van der Waals surface area contributed by atoms with Crippen molar-refractivity contribution in [3.8, 4) is 0 Å². The first-order chi connectivity index (χ1) is 11.3. The third-order valence-corrected chi connectivity index (χ3v) is 4.31. The van der Waals surface area contributed by atoms with Crippen molar-refractivity contribution in [2.45, 2.75) is 20.4 Å². The number of fused-ring (bicyclic) bond motifs is 1. The summed E-state index contributed by atoms with van der Waals surface area (Å²) in [5, 5.41) is 0. The lowest BCUT2D eigenvalue weighted by Crippen LogP contribution is -2.37. The SMILES string of the molecule is Cc1ccc(C)c(Cn2c(NN)nc3c2c(=O)n(C)c(=O)n3C)c1. The van der Waals surface area contributed by atoms with Gasteiger partial charge in [0.2, 0.25) is 5.95 Å². The zero-order chi connectivity index (χ0) is 17.6. The maximum Gasteiger partial charge on any atom is 0.332 e. The van der Waals surface area contributed by atoms with E-state index in [1.165, 1.54) is 11.6 Å². The second kappa shape index (κ2) is 5.64. The van der Waals surface area contributed by atoms with Crippen molar-refractivity contribution in [3.63, 3.8) is 0 Å². The summed E-state index contributed by atoms with van der Waals surface area (Å²) in [5.74, 6) is 5.92. The van der Waals surface area contributed by atoms with Gasteiger partial charge in [0, 0.05) is 14.1 Å². The van der Waals surface area contributed by atoms with Crippen LogP contribution < -0.4 is 22.5 Å². The molecule has 0 spiro atoms. The van der Waals surface area contributed by atoms with Gasteiger partial charge in [-0.3, -0.25) is 23.9 Å². The molecule has 2 heterocycles. The van der Waals surface area contributed by atoms with Crippen molar-refractivity contribution in [3.05, 3.63) is 55.7 Å². The monoisotopic (exact) mass is 328 g/mol. The topological polar surface area (TPSA) is 99.9 Å². The molecule has 8 nitrogen and oxygen atoms in total. The van der Waals surface area contributed by atoms with Gasteiger partial charge >= 0.3 is 5.69 Å². The molecule has 0 saturated carbocycles. The van der Waals surface area contributed by atoms with Crippen LogP contribution >= 0.6 is 0 Å². The van der Waals surface area contributed by atoms with Gasteiger partial charge in [-0.2, -0.15) is 4.98 Å². The van der Waals surface area contributed by atoms with E-state index in [2.05, 4.69) is 16.5 Å². The van der Waals surface area contributed by atoms with Crippen molar-refractivity contribution in [1.82, 2.24) is 18.7 Å². The summed E-state index contributed by atoms with van der Waals surface area (Å²) in [6.45, 7) is 4.45. The quantitative estimate of drug-likeness (QED) is 0.535. The summed E-state index contributed by atoms with van der Waals surface area (Å²) in [6, 6.07) is 6.14. The number of aryl methyl sites for hydroxylation is 3. The van der Waals surface area contributed by atoms with Crippen LogP contribution in [0.2, 0.25) is 0 Å². The van der Waals surface area contributed by atoms with Crippen molar-refractivity contribution in [1.29, 1.82) is 0 Å². The average molecular weight is 328 g/mol. The van der Waals surface area contributed by atoms with Crippen LogP contribution in [-0.2, 0) is 20.6 Å². The van der Waals surface area contributed by atoms with E-state index in [0.29, 0.717) is 23.7 Å². The number of nitrogen functional groups attached to an aromatic ring is 1. The highest BCUT2D eigenvalue weighted by atomic mass is 16.2. The standard InChI is InChI=1S/C16H20N6O2/c1-9-5-6-10(2)11(7-9)8-22-12-13(18-15(22)19-17)20(3)16(24)21(4)14(12)23/h5-7H,8,17H2,1-4H3,(H,18,19). The largest absolute Gasteiger partial charge is 0.332 e. The zero-order valence-corrected chi connectivity index (χ0v) is 14.1. The summed E-state index contributed by atoms with van der Waals surface area (Å²) < 4.78 is 4.12. The Morgan fingerprint density at radius 2 is 1.88 bits per heavy atom. The lowest BCUT2D eigenvalue weighted by molar-refractivity contribution is 0.702. The van der Waals surface area contributed by atoms with Gasteiger partial charge in [-0.05, 0) is 25.0 Å². The molecule has 1 aromatic carbocycles.